The average Bonchev–Trinajstić information content (AvgIpc) is 2.84. The van der Waals surface area contributed by atoms with E-state index in [4.69, 9.17) is 16.1 Å². The molecule has 118 valence electrons. The second-order valence-corrected chi connectivity index (χ2v) is 5.57. The Morgan fingerprint density at radius 1 is 1.45 bits per heavy atom. The molecule has 2 N–H and O–H groups in total. The highest BCUT2D eigenvalue weighted by atomic mass is 35.5. The molecule has 0 bridgehead atoms. The zero-order valence-corrected chi connectivity index (χ0v) is 13.2. The number of nitrogens with zero attached hydrogens (tertiary/aromatic N) is 2. The van der Waals surface area contributed by atoms with Crippen molar-refractivity contribution in [3.63, 3.8) is 0 Å². The SMILES string of the molecule is Cc1cc(NC(=O)CN(C)CC(O)c2ccc(Cl)cc2)no1. The summed E-state index contributed by atoms with van der Waals surface area (Å²) in [5.74, 6) is 0.787. The van der Waals surface area contributed by atoms with E-state index in [1.54, 1.807) is 49.2 Å². The smallest absolute Gasteiger partial charge is 0.239 e. The van der Waals surface area contributed by atoms with Gasteiger partial charge in [-0.15, -0.1) is 0 Å². The van der Waals surface area contributed by atoms with Crippen LogP contribution in [0.5, 0.6) is 0 Å². The zero-order valence-electron chi connectivity index (χ0n) is 12.4. The van der Waals surface area contributed by atoms with Crippen molar-refractivity contribution in [1.82, 2.24) is 10.1 Å². The normalized spacial score (nSPS) is 12.4. The van der Waals surface area contributed by atoms with E-state index in [-0.39, 0.29) is 12.5 Å². The zero-order chi connectivity index (χ0) is 16.1. The molecule has 1 heterocycles. The number of nitrogens with one attached hydrogen (secondary N) is 1. The van der Waals surface area contributed by atoms with Gasteiger partial charge < -0.3 is 14.9 Å². The van der Waals surface area contributed by atoms with Gasteiger partial charge in [0.05, 0.1) is 12.6 Å². The van der Waals surface area contributed by atoms with E-state index in [2.05, 4.69) is 10.5 Å². The molecule has 1 amide bonds. The molecule has 1 unspecified atom stereocenters. The summed E-state index contributed by atoms with van der Waals surface area (Å²) in [7, 11) is 1.76. The number of carbonyl (C=O) groups is 1. The van der Waals surface area contributed by atoms with E-state index in [0.29, 0.717) is 23.1 Å². The number of aryl methyl sites for hydroxylation is 1. The van der Waals surface area contributed by atoms with Crippen molar-refractivity contribution < 1.29 is 14.4 Å². The lowest BCUT2D eigenvalue weighted by Crippen LogP contribution is -2.33. The number of hydrogen-bond donors (Lipinski definition) is 2. The van der Waals surface area contributed by atoms with Gasteiger partial charge in [-0.2, -0.15) is 0 Å². The predicted molar refractivity (Wildman–Crippen MR) is 83.8 cm³/mol. The molecule has 0 saturated carbocycles. The first-order chi connectivity index (χ1) is 10.4. The number of rotatable bonds is 6. The van der Waals surface area contributed by atoms with Gasteiger partial charge in [0.1, 0.15) is 5.76 Å². The maximum absolute atomic E-state index is 11.9. The number of anilines is 1. The van der Waals surface area contributed by atoms with E-state index in [1.807, 2.05) is 0 Å². The molecule has 0 radical (unpaired) electrons. The molecule has 2 rings (SSSR count). The van der Waals surface area contributed by atoms with Crippen LogP contribution in [0.2, 0.25) is 5.02 Å². The molecule has 1 aromatic heterocycles. The molecule has 0 aliphatic carbocycles. The molecule has 0 spiro atoms. The van der Waals surface area contributed by atoms with Gasteiger partial charge in [-0.05, 0) is 31.7 Å². The van der Waals surface area contributed by atoms with Gasteiger partial charge in [0.25, 0.3) is 0 Å². The second-order valence-electron chi connectivity index (χ2n) is 5.14. The first-order valence-corrected chi connectivity index (χ1v) is 7.17. The molecule has 0 fully saturated rings. The fourth-order valence-corrected chi connectivity index (χ4v) is 2.13. The highest BCUT2D eigenvalue weighted by Crippen LogP contribution is 2.17. The summed E-state index contributed by atoms with van der Waals surface area (Å²) in [5, 5.41) is 17.1. The molecule has 0 aliphatic rings. The van der Waals surface area contributed by atoms with Crippen molar-refractivity contribution in [2.75, 3.05) is 25.5 Å². The van der Waals surface area contributed by atoms with E-state index in [9.17, 15) is 9.90 Å². The minimum Gasteiger partial charge on any atom is -0.387 e. The summed E-state index contributed by atoms with van der Waals surface area (Å²) in [6.45, 7) is 2.21. The molecule has 6 nitrogen and oxygen atoms in total. The van der Waals surface area contributed by atoms with Crippen molar-refractivity contribution in [2.45, 2.75) is 13.0 Å². The van der Waals surface area contributed by atoms with Crippen molar-refractivity contribution in [3.8, 4) is 0 Å². The number of amides is 1. The number of aromatic nitrogens is 1. The van der Waals surface area contributed by atoms with Crippen LogP contribution in [-0.4, -0.2) is 41.2 Å². The summed E-state index contributed by atoms with van der Waals surface area (Å²) in [5.41, 5.74) is 0.754. The van der Waals surface area contributed by atoms with Gasteiger partial charge in [0.15, 0.2) is 5.82 Å². The van der Waals surface area contributed by atoms with Crippen LogP contribution in [0.3, 0.4) is 0 Å². The second kappa shape index (κ2) is 7.40. The molecule has 0 aliphatic heterocycles. The molecule has 22 heavy (non-hydrogen) atoms. The third-order valence-corrected chi connectivity index (χ3v) is 3.30. The fraction of sp³-hybridized carbons (Fsp3) is 0.333. The Morgan fingerprint density at radius 2 is 2.14 bits per heavy atom. The molecular formula is C15H18ClN3O3. The summed E-state index contributed by atoms with van der Waals surface area (Å²) >= 11 is 5.81. The quantitative estimate of drug-likeness (QED) is 0.852. The third kappa shape index (κ3) is 4.84. The van der Waals surface area contributed by atoms with Crippen LogP contribution >= 0.6 is 11.6 Å². The summed E-state index contributed by atoms with van der Waals surface area (Å²) < 4.78 is 4.87. The third-order valence-electron chi connectivity index (χ3n) is 3.05. The number of hydrogen-bond acceptors (Lipinski definition) is 5. The van der Waals surface area contributed by atoms with Crippen molar-refractivity contribution >= 4 is 23.3 Å². The highest BCUT2D eigenvalue weighted by Gasteiger charge is 2.14. The Balaban J connectivity index is 1.82. The average molecular weight is 324 g/mol. The summed E-state index contributed by atoms with van der Waals surface area (Å²) in [6, 6.07) is 8.61. The number of carbonyl (C=O) groups excluding carboxylic acids is 1. The lowest BCUT2D eigenvalue weighted by molar-refractivity contribution is -0.117. The van der Waals surface area contributed by atoms with Crippen molar-refractivity contribution in [3.05, 3.63) is 46.7 Å². The van der Waals surface area contributed by atoms with Crippen LogP contribution < -0.4 is 5.32 Å². The van der Waals surface area contributed by atoms with Gasteiger partial charge in [-0.1, -0.05) is 28.9 Å². The Morgan fingerprint density at radius 3 is 2.73 bits per heavy atom. The molecule has 2 aromatic rings. The fourth-order valence-electron chi connectivity index (χ4n) is 2.00. The van der Waals surface area contributed by atoms with Crippen molar-refractivity contribution in [1.29, 1.82) is 0 Å². The largest absolute Gasteiger partial charge is 0.387 e. The van der Waals surface area contributed by atoms with Gasteiger partial charge in [-0.25, -0.2) is 0 Å². The maximum Gasteiger partial charge on any atom is 0.239 e. The van der Waals surface area contributed by atoms with Crippen LogP contribution in [0.1, 0.15) is 17.4 Å². The predicted octanol–water partition coefficient (Wildman–Crippen LogP) is 2.24. The molecule has 1 aromatic carbocycles. The van der Waals surface area contributed by atoms with Gasteiger partial charge in [-0.3, -0.25) is 9.69 Å². The van der Waals surface area contributed by atoms with Crippen LogP contribution in [0.25, 0.3) is 0 Å². The number of benzene rings is 1. The number of likely N-dealkylation sites (N-methyl/N-ethyl adjacent to an activating group) is 1. The van der Waals surface area contributed by atoms with E-state index < -0.39 is 6.10 Å². The van der Waals surface area contributed by atoms with E-state index in [1.165, 1.54) is 0 Å². The number of aliphatic hydroxyl groups is 1. The number of halogens is 1. The first-order valence-electron chi connectivity index (χ1n) is 6.79. The molecule has 1 atom stereocenters. The molecule has 7 heteroatoms. The van der Waals surface area contributed by atoms with Crippen LogP contribution in [0, 0.1) is 6.92 Å². The topological polar surface area (TPSA) is 78.6 Å². The van der Waals surface area contributed by atoms with Gasteiger partial charge in [0.2, 0.25) is 5.91 Å². The standard InChI is InChI=1S/C15H18ClN3O3/c1-10-7-14(18-22-10)17-15(21)9-19(2)8-13(20)11-3-5-12(16)6-4-11/h3-7,13,20H,8-9H2,1-2H3,(H,17,18,21). The molecular weight excluding hydrogens is 306 g/mol. The lowest BCUT2D eigenvalue weighted by Gasteiger charge is -2.20. The minimum absolute atomic E-state index is 0.135. The molecule has 0 saturated heterocycles. The lowest BCUT2D eigenvalue weighted by atomic mass is 10.1. The van der Waals surface area contributed by atoms with E-state index >= 15 is 0 Å². The van der Waals surface area contributed by atoms with Crippen LogP contribution in [0.15, 0.2) is 34.9 Å². The van der Waals surface area contributed by atoms with Gasteiger partial charge in [0, 0.05) is 17.6 Å². The van der Waals surface area contributed by atoms with Crippen LogP contribution in [-0.2, 0) is 4.79 Å². The van der Waals surface area contributed by atoms with Crippen molar-refractivity contribution in [2.24, 2.45) is 0 Å². The Hall–Kier alpha value is -1.89. The highest BCUT2D eigenvalue weighted by molar-refractivity contribution is 6.30. The van der Waals surface area contributed by atoms with E-state index in [0.717, 1.165) is 5.56 Å². The minimum atomic E-state index is -0.690. The maximum atomic E-state index is 11.9. The Kier molecular flexibility index (Phi) is 5.54. The summed E-state index contributed by atoms with van der Waals surface area (Å²) in [6.07, 6.45) is -0.690. The van der Waals surface area contributed by atoms with Crippen LogP contribution in [0.4, 0.5) is 5.82 Å². The summed E-state index contributed by atoms with van der Waals surface area (Å²) in [4.78, 5) is 13.6. The van der Waals surface area contributed by atoms with Gasteiger partial charge >= 0.3 is 0 Å². The first kappa shape index (κ1) is 16.5. The monoisotopic (exact) mass is 323 g/mol. The number of aliphatic hydroxyl groups excluding tert-OH is 1. The Labute approximate surface area is 133 Å². The Bertz CT molecular complexity index is 627.